The first-order chi connectivity index (χ1) is 12.0. The normalized spacial score (nSPS) is 10.9. The summed E-state index contributed by atoms with van der Waals surface area (Å²) in [6, 6.07) is 17.3. The zero-order chi connectivity index (χ0) is 17.8. The van der Waals surface area contributed by atoms with Crippen molar-refractivity contribution in [1.29, 1.82) is 0 Å². The molecule has 3 rings (SSSR count). The summed E-state index contributed by atoms with van der Waals surface area (Å²) in [6.45, 7) is 0. The van der Waals surface area contributed by atoms with E-state index in [0.717, 1.165) is 9.86 Å². The summed E-state index contributed by atoms with van der Waals surface area (Å²) in [7, 11) is 0. The molecular weight excluding hydrogens is 382 g/mol. The van der Waals surface area contributed by atoms with E-state index in [0.29, 0.717) is 16.6 Å². The van der Waals surface area contributed by atoms with Crippen molar-refractivity contribution in [2.24, 2.45) is 0 Å². The zero-order valence-electron chi connectivity index (χ0n) is 13.1. The van der Waals surface area contributed by atoms with Crippen molar-refractivity contribution in [3.05, 3.63) is 82.9 Å². The Morgan fingerprint density at radius 1 is 0.880 bits per heavy atom. The Hall–Kier alpha value is -2.92. The Bertz CT molecular complexity index is 978. The molecule has 124 valence electrons. The lowest BCUT2D eigenvalue weighted by molar-refractivity contribution is -0.111. The minimum Gasteiger partial charge on any atom is -0.507 e. The van der Waals surface area contributed by atoms with Gasteiger partial charge in [0.05, 0.1) is 0 Å². The van der Waals surface area contributed by atoms with E-state index in [1.54, 1.807) is 60.7 Å². The number of aromatic hydroxyl groups is 1. The molecule has 0 aliphatic rings. The lowest BCUT2D eigenvalue weighted by atomic mass is 10.1. The maximum absolute atomic E-state index is 12.1. The van der Waals surface area contributed by atoms with Gasteiger partial charge in [-0.15, -0.1) is 0 Å². The quantitative estimate of drug-likeness (QED) is 0.497. The summed E-state index contributed by atoms with van der Waals surface area (Å²) >= 11 is 3.31. The van der Waals surface area contributed by atoms with E-state index in [4.69, 9.17) is 0 Å². The number of carbonyl (C=O) groups excluding carboxylic acids is 2. The molecule has 0 aliphatic heterocycles. The monoisotopic (exact) mass is 395 g/mol. The molecule has 1 amide bonds. The van der Waals surface area contributed by atoms with E-state index in [1.165, 1.54) is 12.2 Å². The molecule has 4 nitrogen and oxygen atoms in total. The van der Waals surface area contributed by atoms with Crippen LogP contribution in [-0.2, 0) is 4.79 Å². The van der Waals surface area contributed by atoms with Gasteiger partial charge in [-0.3, -0.25) is 9.59 Å². The second-order valence-electron chi connectivity index (χ2n) is 5.37. The predicted octanol–water partition coefficient (Wildman–Crippen LogP) is 4.69. The molecule has 0 spiro atoms. The molecular formula is C20H14BrNO3. The van der Waals surface area contributed by atoms with Crippen molar-refractivity contribution < 1.29 is 14.7 Å². The van der Waals surface area contributed by atoms with E-state index in [-0.39, 0.29) is 11.5 Å². The number of anilines is 1. The van der Waals surface area contributed by atoms with Crippen molar-refractivity contribution in [3.63, 3.8) is 0 Å². The highest BCUT2D eigenvalue weighted by molar-refractivity contribution is 9.10. The number of fused-ring (bicyclic) bond motifs is 1. The van der Waals surface area contributed by atoms with Gasteiger partial charge in [-0.05, 0) is 42.5 Å². The molecule has 0 heterocycles. The van der Waals surface area contributed by atoms with Gasteiger partial charge in [-0.2, -0.15) is 0 Å². The van der Waals surface area contributed by atoms with E-state index in [2.05, 4.69) is 21.2 Å². The highest BCUT2D eigenvalue weighted by Crippen LogP contribution is 2.29. The van der Waals surface area contributed by atoms with Gasteiger partial charge in [-0.1, -0.05) is 40.2 Å². The largest absolute Gasteiger partial charge is 0.507 e. The Morgan fingerprint density at radius 2 is 1.56 bits per heavy atom. The van der Waals surface area contributed by atoms with Crippen molar-refractivity contribution in [2.45, 2.75) is 0 Å². The molecule has 3 aromatic carbocycles. The highest BCUT2D eigenvalue weighted by atomic mass is 79.9. The highest BCUT2D eigenvalue weighted by Gasteiger charge is 2.07. The maximum Gasteiger partial charge on any atom is 0.248 e. The fraction of sp³-hybridized carbons (Fsp3) is 0. The van der Waals surface area contributed by atoms with Gasteiger partial charge in [0.25, 0.3) is 0 Å². The van der Waals surface area contributed by atoms with Crippen molar-refractivity contribution in [1.82, 2.24) is 0 Å². The SMILES string of the molecule is O=C(/C=C/C(=O)c1ccc(Br)cc1)Nc1cccc2c(O)cccc12. The molecule has 5 heteroatoms. The fourth-order valence-corrected chi connectivity index (χ4v) is 2.70. The second kappa shape index (κ2) is 7.32. The predicted molar refractivity (Wildman–Crippen MR) is 102 cm³/mol. The summed E-state index contributed by atoms with van der Waals surface area (Å²) in [5.41, 5.74) is 1.07. The molecule has 0 saturated carbocycles. The number of hydrogen-bond donors (Lipinski definition) is 2. The lowest BCUT2D eigenvalue weighted by Crippen LogP contribution is -2.09. The number of phenols is 1. The first-order valence-electron chi connectivity index (χ1n) is 7.54. The smallest absolute Gasteiger partial charge is 0.248 e. The van der Waals surface area contributed by atoms with Crippen LogP contribution in [0.3, 0.4) is 0 Å². The minimum atomic E-state index is -0.415. The number of benzene rings is 3. The van der Waals surface area contributed by atoms with Crippen LogP contribution in [0, 0.1) is 0 Å². The fourth-order valence-electron chi connectivity index (χ4n) is 2.44. The van der Waals surface area contributed by atoms with Crippen molar-refractivity contribution in [2.75, 3.05) is 5.32 Å². The molecule has 0 aromatic heterocycles. The van der Waals surface area contributed by atoms with Gasteiger partial charge in [0.2, 0.25) is 5.91 Å². The van der Waals surface area contributed by atoms with Gasteiger partial charge >= 0.3 is 0 Å². The number of amides is 1. The van der Waals surface area contributed by atoms with Crippen LogP contribution in [0.1, 0.15) is 10.4 Å². The van der Waals surface area contributed by atoms with Crippen LogP contribution in [0.25, 0.3) is 10.8 Å². The first kappa shape index (κ1) is 16.9. The number of carbonyl (C=O) groups is 2. The third-order valence-corrected chi connectivity index (χ3v) is 4.20. The third-order valence-electron chi connectivity index (χ3n) is 3.67. The summed E-state index contributed by atoms with van der Waals surface area (Å²) in [5.74, 6) is -0.519. The standard InChI is InChI=1S/C20H14BrNO3/c21-14-9-7-13(8-10-14)18(23)11-12-20(25)22-17-5-1-4-16-15(17)3-2-6-19(16)24/h1-12,24H,(H,22,25)/b12-11+. The van der Waals surface area contributed by atoms with Crippen LogP contribution in [-0.4, -0.2) is 16.8 Å². The lowest BCUT2D eigenvalue weighted by Gasteiger charge is -2.08. The van der Waals surface area contributed by atoms with E-state index >= 15 is 0 Å². The molecule has 0 aliphatic carbocycles. The summed E-state index contributed by atoms with van der Waals surface area (Å²) < 4.78 is 0.880. The maximum atomic E-state index is 12.1. The Labute approximate surface area is 152 Å². The number of halogens is 1. The molecule has 0 fully saturated rings. The molecule has 0 radical (unpaired) electrons. The molecule has 0 unspecified atom stereocenters. The number of ketones is 1. The minimum absolute atomic E-state index is 0.148. The molecule has 0 atom stereocenters. The average molecular weight is 396 g/mol. The Kier molecular flexibility index (Phi) is 4.95. The number of phenolic OH excluding ortho intramolecular Hbond substituents is 1. The van der Waals surface area contributed by atoms with Crippen LogP contribution >= 0.6 is 15.9 Å². The van der Waals surface area contributed by atoms with Gasteiger partial charge in [0.1, 0.15) is 5.75 Å². The van der Waals surface area contributed by atoms with Gasteiger partial charge < -0.3 is 10.4 Å². The topological polar surface area (TPSA) is 66.4 Å². The van der Waals surface area contributed by atoms with Gasteiger partial charge in [-0.25, -0.2) is 0 Å². The van der Waals surface area contributed by atoms with Gasteiger partial charge in [0, 0.05) is 32.6 Å². The number of nitrogens with one attached hydrogen (secondary N) is 1. The average Bonchev–Trinajstić information content (AvgIpc) is 2.61. The zero-order valence-corrected chi connectivity index (χ0v) is 14.7. The number of rotatable bonds is 4. The summed E-state index contributed by atoms with van der Waals surface area (Å²) in [5, 5.41) is 14.0. The Morgan fingerprint density at radius 3 is 2.32 bits per heavy atom. The second-order valence-corrected chi connectivity index (χ2v) is 6.29. The van der Waals surface area contributed by atoms with E-state index in [9.17, 15) is 14.7 Å². The third kappa shape index (κ3) is 3.95. The van der Waals surface area contributed by atoms with Crippen LogP contribution in [0.2, 0.25) is 0 Å². The summed E-state index contributed by atoms with van der Waals surface area (Å²) in [6.07, 6.45) is 2.44. The summed E-state index contributed by atoms with van der Waals surface area (Å²) in [4.78, 5) is 24.2. The molecule has 0 saturated heterocycles. The van der Waals surface area contributed by atoms with E-state index < -0.39 is 5.91 Å². The van der Waals surface area contributed by atoms with Crippen LogP contribution in [0.15, 0.2) is 77.3 Å². The molecule has 0 bridgehead atoms. The molecule has 3 aromatic rings. The molecule has 25 heavy (non-hydrogen) atoms. The van der Waals surface area contributed by atoms with Crippen LogP contribution in [0.4, 0.5) is 5.69 Å². The number of allylic oxidation sites excluding steroid dienone is 1. The Balaban J connectivity index is 1.76. The molecule has 2 N–H and O–H groups in total. The first-order valence-corrected chi connectivity index (χ1v) is 8.33. The van der Waals surface area contributed by atoms with Crippen molar-refractivity contribution in [3.8, 4) is 5.75 Å². The van der Waals surface area contributed by atoms with E-state index in [1.807, 2.05) is 0 Å². The van der Waals surface area contributed by atoms with Crippen LogP contribution in [0.5, 0.6) is 5.75 Å². The van der Waals surface area contributed by atoms with Crippen LogP contribution < -0.4 is 5.32 Å². The van der Waals surface area contributed by atoms with Crippen molar-refractivity contribution >= 4 is 44.1 Å². The number of hydrogen-bond acceptors (Lipinski definition) is 3. The van der Waals surface area contributed by atoms with Gasteiger partial charge in [0.15, 0.2) is 5.78 Å².